The number of hydrogen-bond donors (Lipinski definition) is 1. The molecule has 1 aliphatic rings. The molecule has 1 N–H and O–H groups in total. The second-order valence-electron chi connectivity index (χ2n) is 4.42. The monoisotopic (exact) mass is 229 g/mol. The summed E-state index contributed by atoms with van der Waals surface area (Å²) >= 11 is 0. The largest absolute Gasteiger partial charge is 0.310 e. The predicted molar refractivity (Wildman–Crippen MR) is 55.5 cm³/mol. The van der Waals surface area contributed by atoms with Crippen LogP contribution in [-0.2, 0) is 0 Å². The summed E-state index contributed by atoms with van der Waals surface area (Å²) in [5, 5.41) is 3.12. The highest BCUT2D eigenvalue weighted by atomic mass is 19.2. The number of hydrogen-bond acceptors (Lipinski definition) is 1. The van der Waals surface area contributed by atoms with Crippen LogP contribution in [-0.4, -0.2) is 6.54 Å². The second-order valence-corrected chi connectivity index (χ2v) is 4.42. The van der Waals surface area contributed by atoms with E-state index >= 15 is 0 Å². The third kappa shape index (κ3) is 2.21. The average Bonchev–Trinajstić information content (AvgIpc) is 2.23. The van der Waals surface area contributed by atoms with Crippen LogP contribution in [0.25, 0.3) is 0 Å². The molecular formula is C12H14F3N. The van der Waals surface area contributed by atoms with Gasteiger partial charge in [-0.1, -0.05) is 6.92 Å². The van der Waals surface area contributed by atoms with Crippen molar-refractivity contribution in [2.45, 2.75) is 25.8 Å². The maximum atomic E-state index is 13.5. The van der Waals surface area contributed by atoms with E-state index in [9.17, 15) is 13.2 Å². The Hall–Kier alpha value is -1.03. The minimum Gasteiger partial charge on any atom is -0.310 e. The summed E-state index contributed by atoms with van der Waals surface area (Å²) in [5.41, 5.74) is 0.227. The molecule has 0 amide bonds. The minimum absolute atomic E-state index is 0.209. The van der Waals surface area contributed by atoms with Crippen molar-refractivity contribution in [1.82, 2.24) is 5.32 Å². The molecule has 1 heterocycles. The zero-order valence-electron chi connectivity index (χ0n) is 9.06. The SMILES string of the molecule is CC1CCNC(c2cc(F)c(F)cc2F)C1. The molecular weight excluding hydrogens is 215 g/mol. The first-order valence-electron chi connectivity index (χ1n) is 5.45. The zero-order valence-corrected chi connectivity index (χ0v) is 9.06. The van der Waals surface area contributed by atoms with Gasteiger partial charge in [-0.2, -0.15) is 0 Å². The third-order valence-electron chi connectivity index (χ3n) is 3.08. The van der Waals surface area contributed by atoms with Gasteiger partial charge in [0.2, 0.25) is 0 Å². The van der Waals surface area contributed by atoms with E-state index in [1.165, 1.54) is 0 Å². The van der Waals surface area contributed by atoms with E-state index in [-0.39, 0.29) is 11.6 Å². The Labute approximate surface area is 92.7 Å². The van der Waals surface area contributed by atoms with E-state index in [2.05, 4.69) is 12.2 Å². The summed E-state index contributed by atoms with van der Waals surface area (Å²) in [6.45, 7) is 2.86. The van der Waals surface area contributed by atoms with Gasteiger partial charge in [0.15, 0.2) is 11.6 Å². The van der Waals surface area contributed by atoms with Gasteiger partial charge in [0.1, 0.15) is 5.82 Å². The molecule has 0 radical (unpaired) electrons. The van der Waals surface area contributed by atoms with Gasteiger partial charge in [0.05, 0.1) is 0 Å². The maximum absolute atomic E-state index is 13.5. The van der Waals surface area contributed by atoms with Crippen molar-refractivity contribution in [2.75, 3.05) is 6.54 Å². The van der Waals surface area contributed by atoms with Gasteiger partial charge >= 0.3 is 0 Å². The average molecular weight is 229 g/mol. The quantitative estimate of drug-likeness (QED) is 0.729. The molecule has 2 atom stereocenters. The Morgan fingerprint density at radius 2 is 1.81 bits per heavy atom. The highest BCUT2D eigenvalue weighted by molar-refractivity contribution is 5.24. The fraction of sp³-hybridized carbons (Fsp3) is 0.500. The Balaban J connectivity index is 2.29. The molecule has 4 heteroatoms. The zero-order chi connectivity index (χ0) is 11.7. The Morgan fingerprint density at radius 1 is 1.12 bits per heavy atom. The molecule has 1 aliphatic heterocycles. The van der Waals surface area contributed by atoms with Gasteiger partial charge in [-0.25, -0.2) is 13.2 Å². The van der Waals surface area contributed by atoms with Crippen molar-refractivity contribution in [2.24, 2.45) is 5.92 Å². The van der Waals surface area contributed by atoms with Crippen LogP contribution in [0.5, 0.6) is 0 Å². The van der Waals surface area contributed by atoms with Gasteiger partial charge in [-0.15, -0.1) is 0 Å². The standard InChI is InChI=1S/C12H14F3N/c1-7-2-3-16-12(4-7)8-5-10(14)11(15)6-9(8)13/h5-7,12,16H,2-4H2,1H3. The van der Waals surface area contributed by atoms with E-state index < -0.39 is 17.5 Å². The number of benzene rings is 1. The summed E-state index contributed by atoms with van der Waals surface area (Å²) in [7, 11) is 0. The lowest BCUT2D eigenvalue weighted by Crippen LogP contribution is -2.31. The van der Waals surface area contributed by atoms with Crippen LogP contribution >= 0.6 is 0 Å². The van der Waals surface area contributed by atoms with Crippen molar-refractivity contribution in [1.29, 1.82) is 0 Å². The first-order valence-corrected chi connectivity index (χ1v) is 5.45. The topological polar surface area (TPSA) is 12.0 Å². The van der Waals surface area contributed by atoms with Crippen LogP contribution in [0.4, 0.5) is 13.2 Å². The third-order valence-corrected chi connectivity index (χ3v) is 3.08. The van der Waals surface area contributed by atoms with Crippen LogP contribution in [0.1, 0.15) is 31.4 Å². The summed E-state index contributed by atoms with van der Waals surface area (Å²) in [6, 6.07) is 1.37. The van der Waals surface area contributed by atoms with Crippen LogP contribution in [0.2, 0.25) is 0 Å². The van der Waals surface area contributed by atoms with E-state index in [0.29, 0.717) is 12.0 Å². The van der Waals surface area contributed by atoms with Crippen molar-refractivity contribution >= 4 is 0 Å². The van der Waals surface area contributed by atoms with Crippen LogP contribution in [0.3, 0.4) is 0 Å². The van der Waals surface area contributed by atoms with E-state index in [4.69, 9.17) is 0 Å². The van der Waals surface area contributed by atoms with E-state index in [1.807, 2.05) is 0 Å². The summed E-state index contributed by atoms with van der Waals surface area (Å²) in [4.78, 5) is 0. The normalized spacial score (nSPS) is 25.8. The van der Waals surface area contributed by atoms with Gasteiger partial charge in [-0.3, -0.25) is 0 Å². The minimum atomic E-state index is -1.13. The molecule has 0 aromatic heterocycles. The summed E-state index contributed by atoms with van der Waals surface area (Å²) < 4.78 is 39.3. The summed E-state index contributed by atoms with van der Waals surface area (Å²) in [6.07, 6.45) is 1.78. The van der Waals surface area contributed by atoms with Crippen LogP contribution < -0.4 is 5.32 Å². The van der Waals surface area contributed by atoms with Crippen LogP contribution in [0.15, 0.2) is 12.1 Å². The number of rotatable bonds is 1. The smallest absolute Gasteiger partial charge is 0.161 e. The molecule has 1 fully saturated rings. The number of halogens is 3. The number of piperidine rings is 1. The molecule has 1 aromatic rings. The molecule has 1 aromatic carbocycles. The molecule has 2 rings (SSSR count). The van der Waals surface area contributed by atoms with E-state index in [1.54, 1.807) is 0 Å². The van der Waals surface area contributed by atoms with Crippen LogP contribution in [0, 0.1) is 23.4 Å². The first kappa shape index (κ1) is 11.5. The van der Waals surface area contributed by atoms with Gasteiger partial charge in [0.25, 0.3) is 0 Å². The lowest BCUT2D eigenvalue weighted by atomic mass is 9.90. The molecule has 0 aliphatic carbocycles. The molecule has 0 bridgehead atoms. The highest BCUT2D eigenvalue weighted by Gasteiger charge is 2.23. The Bertz CT molecular complexity index is 392. The number of nitrogens with one attached hydrogen (secondary N) is 1. The van der Waals surface area contributed by atoms with E-state index in [0.717, 1.165) is 25.5 Å². The summed E-state index contributed by atoms with van der Waals surface area (Å²) in [5.74, 6) is -2.33. The molecule has 2 unspecified atom stereocenters. The van der Waals surface area contributed by atoms with Crippen molar-refractivity contribution < 1.29 is 13.2 Å². The molecule has 0 saturated carbocycles. The lowest BCUT2D eigenvalue weighted by Gasteiger charge is -2.28. The molecule has 0 spiro atoms. The lowest BCUT2D eigenvalue weighted by molar-refractivity contribution is 0.317. The van der Waals surface area contributed by atoms with Crippen molar-refractivity contribution in [3.63, 3.8) is 0 Å². The fourth-order valence-corrected chi connectivity index (χ4v) is 2.15. The molecule has 88 valence electrons. The van der Waals surface area contributed by atoms with Gasteiger partial charge in [0, 0.05) is 17.7 Å². The molecule has 1 nitrogen and oxygen atoms in total. The maximum Gasteiger partial charge on any atom is 0.161 e. The first-order chi connectivity index (χ1) is 7.58. The molecule has 16 heavy (non-hydrogen) atoms. The van der Waals surface area contributed by atoms with Crippen molar-refractivity contribution in [3.05, 3.63) is 35.1 Å². The second kappa shape index (κ2) is 4.45. The van der Waals surface area contributed by atoms with Gasteiger partial charge in [-0.05, 0) is 31.4 Å². The Kier molecular flexibility index (Phi) is 3.19. The highest BCUT2D eigenvalue weighted by Crippen LogP contribution is 2.29. The van der Waals surface area contributed by atoms with Gasteiger partial charge < -0.3 is 5.32 Å². The fourth-order valence-electron chi connectivity index (χ4n) is 2.15. The predicted octanol–water partition coefficient (Wildman–Crippen LogP) is 3.16. The van der Waals surface area contributed by atoms with Crippen molar-refractivity contribution in [3.8, 4) is 0 Å². The molecule has 1 saturated heterocycles. The Morgan fingerprint density at radius 3 is 2.50 bits per heavy atom.